The Kier molecular flexibility index (Phi) is 10.2. The highest BCUT2D eigenvalue weighted by atomic mass is 127. The van der Waals surface area contributed by atoms with E-state index in [-0.39, 0.29) is 29.9 Å². The van der Waals surface area contributed by atoms with Gasteiger partial charge in [0, 0.05) is 32.2 Å². The fraction of sp³-hybridized carbons (Fsp3) is 0.300. The van der Waals surface area contributed by atoms with Gasteiger partial charge in [-0.15, -0.1) is 24.0 Å². The van der Waals surface area contributed by atoms with E-state index < -0.39 is 0 Å². The highest BCUT2D eigenvalue weighted by Crippen LogP contribution is 2.11. The molecule has 0 bridgehead atoms. The van der Waals surface area contributed by atoms with Crippen LogP contribution in [0.5, 0.6) is 5.75 Å². The Bertz CT molecular complexity index is 748. The first-order chi connectivity index (χ1) is 12.7. The molecule has 0 aliphatic carbocycles. The van der Waals surface area contributed by atoms with Crippen molar-refractivity contribution in [3.05, 3.63) is 65.2 Å². The van der Waals surface area contributed by atoms with Crippen LogP contribution in [-0.4, -0.2) is 32.6 Å². The van der Waals surface area contributed by atoms with Crippen molar-refractivity contribution in [1.82, 2.24) is 16.0 Å². The van der Waals surface area contributed by atoms with Crippen LogP contribution in [0.15, 0.2) is 53.5 Å². The smallest absolute Gasteiger partial charge is 0.251 e. The number of ether oxygens (including phenoxy) is 1. The van der Waals surface area contributed by atoms with Gasteiger partial charge in [0.15, 0.2) is 5.96 Å². The number of hydrogen-bond acceptors (Lipinski definition) is 3. The summed E-state index contributed by atoms with van der Waals surface area (Å²) < 4.78 is 5.16. The fourth-order valence-electron chi connectivity index (χ4n) is 2.42. The standard InChI is InChI=1S/C20H26N4O2.HI/c1-4-22-19(25)17-7-5-6-16(12-17)14-24-20(21-2)23-13-15-8-10-18(26-3)11-9-15;/h5-12H,4,13-14H2,1-3H3,(H,22,25)(H2,21,23,24);1H. The molecule has 0 spiro atoms. The SMILES string of the molecule is CCNC(=O)c1cccc(CNC(=NC)NCc2ccc(OC)cc2)c1.I. The average molecular weight is 482 g/mol. The van der Waals surface area contributed by atoms with Crippen LogP contribution in [0.1, 0.15) is 28.4 Å². The molecule has 3 N–H and O–H groups in total. The second-order valence-corrected chi connectivity index (χ2v) is 5.69. The summed E-state index contributed by atoms with van der Waals surface area (Å²) in [7, 11) is 3.38. The first-order valence-corrected chi connectivity index (χ1v) is 8.60. The number of hydrogen-bond donors (Lipinski definition) is 3. The minimum Gasteiger partial charge on any atom is -0.497 e. The van der Waals surface area contributed by atoms with E-state index in [2.05, 4.69) is 20.9 Å². The predicted molar refractivity (Wildman–Crippen MR) is 120 cm³/mol. The van der Waals surface area contributed by atoms with Crippen molar-refractivity contribution in [2.45, 2.75) is 20.0 Å². The monoisotopic (exact) mass is 482 g/mol. The molecule has 0 saturated heterocycles. The van der Waals surface area contributed by atoms with Crippen LogP contribution < -0.4 is 20.7 Å². The number of guanidine groups is 1. The van der Waals surface area contributed by atoms with Gasteiger partial charge in [-0.25, -0.2) is 0 Å². The normalized spacial score (nSPS) is 10.6. The Balaban J connectivity index is 0.00000364. The minimum absolute atomic E-state index is 0. The summed E-state index contributed by atoms with van der Waals surface area (Å²) in [5.41, 5.74) is 2.81. The maximum Gasteiger partial charge on any atom is 0.251 e. The molecule has 0 unspecified atom stereocenters. The van der Waals surface area contributed by atoms with Gasteiger partial charge >= 0.3 is 0 Å². The molecule has 2 rings (SSSR count). The van der Waals surface area contributed by atoms with Gasteiger partial charge in [0.1, 0.15) is 5.75 Å². The maximum atomic E-state index is 11.9. The van der Waals surface area contributed by atoms with E-state index >= 15 is 0 Å². The van der Waals surface area contributed by atoms with E-state index in [1.807, 2.05) is 55.5 Å². The number of nitrogens with zero attached hydrogens (tertiary/aromatic N) is 1. The Morgan fingerprint density at radius 2 is 1.67 bits per heavy atom. The molecule has 2 aromatic carbocycles. The second kappa shape index (κ2) is 12.2. The van der Waals surface area contributed by atoms with Crippen LogP contribution >= 0.6 is 24.0 Å². The van der Waals surface area contributed by atoms with E-state index in [4.69, 9.17) is 4.74 Å². The third-order valence-corrected chi connectivity index (χ3v) is 3.83. The zero-order valence-electron chi connectivity index (χ0n) is 15.9. The van der Waals surface area contributed by atoms with E-state index in [9.17, 15) is 4.79 Å². The summed E-state index contributed by atoms with van der Waals surface area (Å²) >= 11 is 0. The summed E-state index contributed by atoms with van der Waals surface area (Å²) in [4.78, 5) is 16.1. The molecule has 0 atom stereocenters. The fourth-order valence-corrected chi connectivity index (χ4v) is 2.42. The van der Waals surface area contributed by atoms with Crippen molar-refractivity contribution in [3.63, 3.8) is 0 Å². The minimum atomic E-state index is -0.0589. The highest BCUT2D eigenvalue weighted by Gasteiger charge is 2.05. The summed E-state index contributed by atoms with van der Waals surface area (Å²) in [6.07, 6.45) is 0. The van der Waals surface area contributed by atoms with Crippen molar-refractivity contribution in [1.29, 1.82) is 0 Å². The second-order valence-electron chi connectivity index (χ2n) is 5.69. The van der Waals surface area contributed by atoms with Crippen LogP contribution in [-0.2, 0) is 13.1 Å². The van der Waals surface area contributed by atoms with Gasteiger partial charge in [0.2, 0.25) is 0 Å². The van der Waals surface area contributed by atoms with Gasteiger partial charge in [0.05, 0.1) is 7.11 Å². The Labute approximate surface area is 177 Å². The number of benzene rings is 2. The van der Waals surface area contributed by atoms with Crippen molar-refractivity contribution in [3.8, 4) is 5.75 Å². The molecule has 0 fully saturated rings. The molecule has 0 aliphatic rings. The number of nitrogens with one attached hydrogen (secondary N) is 3. The molecule has 0 aliphatic heterocycles. The zero-order chi connectivity index (χ0) is 18.8. The van der Waals surface area contributed by atoms with Crippen LogP contribution in [0, 0.1) is 0 Å². The van der Waals surface area contributed by atoms with Gasteiger partial charge < -0.3 is 20.7 Å². The van der Waals surface area contributed by atoms with Crippen LogP contribution in [0.25, 0.3) is 0 Å². The van der Waals surface area contributed by atoms with Crippen LogP contribution in [0.4, 0.5) is 0 Å². The van der Waals surface area contributed by atoms with Crippen molar-refractivity contribution in [2.24, 2.45) is 4.99 Å². The molecule has 2 aromatic rings. The molecule has 7 heteroatoms. The Hall–Kier alpha value is -2.29. The van der Waals surface area contributed by atoms with Gasteiger partial charge in [-0.2, -0.15) is 0 Å². The zero-order valence-corrected chi connectivity index (χ0v) is 18.2. The number of aliphatic imine (C=N–C) groups is 1. The van der Waals surface area contributed by atoms with Crippen molar-refractivity contribution in [2.75, 3.05) is 20.7 Å². The number of rotatable bonds is 7. The van der Waals surface area contributed by atoms with Crippen molar-refractivity contribution < 1.29 is 9.53 Å². The lowest BCUT2D eigenvalue weighted by molar-refractivity contribution is 0.0955. The van der Waals surface area contributed by atoms with Crippen LogP contribution in [0.2, 0.25) is 0 Å². The van der Waals surface area contributed by atoms with Crippen molar-refractivity contribution >= 4 is 35.8 Å². The molecule has 6 nitrogen and oxygen atoms in total. The van der Waals surface area contributed by atoms with Crippen LogP contribution in [0.3, 0.4) is 0 Å². The Morgan fingerprint density at radius 1 is 1.00 bits per heavy atom. The lowest BCUT2D eigenvalue weighted by atomic mass is 10.1. The molecule has 1 amide bonds. The summed E-state index contributed by atoms with van der Waals surface area (Å²) in [5, 5.41) is 9.34. The third-order valence-electron chi connectivity index (χ3n) is 3.83. The molecular weight excluding hydrogens is 455 g/mol. The van der Waals surface area contributed by atoms with E-state index in [0.717, 1.165) is 16.9 Å². The quantitative estimate of drug-likeness (QED) is 0.323. The van der Waals surface area contributed by atoms with E-state index in [1.54, 1.807) is 14.2 Å². The molecule has 0 aromatic heterocycles. The number of carbonyl (C=O) groups is 1. The number of carbonyl (C=O) groups excluding carboxylic acids is 1. The predicted octanol–water partition coefficient (Wildman–Crippen LogP) is 2.93. The summed E-state index contributed by atoms with van der Waals surface area (Å²) in [5.74, 6) is 1.48. The first-order valence-electron chi connectivity index (χ1n) is 8.60. The number of methoxy groups -OCH3 is 1. The maximum absolute atomic E-state index is 11.9. The average Bonchev–Trinajstić information content (AvgIpc) is 2.69. The summed E-state index contributed by atoms with van der Waals surface area (Å²) in [6.45, 7) is 3.75. The highest BCUT2D eigenvalue weighted by molar-refractivity contribution is 14.0. The lowest BCUT2D eigenvalue weighted by Crippen LogP contribution is -2.36. The summed E-state index contributed by atoms with van der Waals surface area (Å²) in [6, 6.07) is 15.4. The number of amides is 1. The largest absolute Gasteiger partial charge is 0.497 e. The molecule has 27 heavy (non-hydrogen) atoms. The van der Waals surface area contributed by atoms with E-state index in [0.29, 0.717) is 31.2 Å². The van der Waals surface area contributed by atoms with Gasteiger partial charge in [-0.1, -0.05) is 24.3 Å². The van der Waals surface area contributed by atoms with E-state index in [1.165, 1.54) is 0 Å². The molecule has 146 valence electrons. The van der Waals surface area contributed by atoms with Gasteiger partial charge in [-0.3, -0.25) is 9.79 Å². The third kappa shape index (κ3) is 7.46. The molecular formula is C20H27IN4O2. The molecule has 0 heterocycles. The molecule has 0 saturated carbocycles. The number of halogens is 1. The Morgan fingerprint density at radius 3 is 2.26 bits per heavy atom. The first kappa shape index (κ1) is 22.8. The van der Waals surface area contributed by atoms with Gasteiger partial charge in [-0.05, 0) is 42.3 Å². The molecule has 0 radical (unpaired) electrons. The van der Waals surface area contributed by atoms with Gasteiger partial charge in [0.25, 0.3) is 5.91 Å². The lowest BCUT2D eigenvalue weighted by Gasteiger charge is -2.13. The topological polar surface area (TPSA) is 74.8 Å².